The summed E-state index contributed by atoms with van der Waals surface area (Å²) in [5, 5.41) is 0. The summed E-state index contributed by atoms with van der Waals surface area (Å²) in [6.45, 7) is 7.11. The molecule has 1 saturated heterocycles. The third kappa shape index (κ3) is 2.68. The molecule has 1 nitrogen and oxygen atoms in total. The molecule has 0 aromatic carbocycles. The molecular formula is C9H19NS. The predicted molar refractivity (Wildman–Crippen MR) is 53.3 cm³/mol. The van der Waals surface area contributed by atoms with Crippen LogP contribution in [0, 0.1) is 5.92 Å². The summed E-state index contributed by atoms with van der Waals surface area (Å²) >= 11 is 4.26. The van der Waals surface area contributed by atoms with E-state index in [1.54, 1.807) is 0 Å². The minimum atomic E-state index is 0.790. The van der Waals surface area contributed by atoms with Crippen LogP contribution >= 0.6 is 12.6 Å². The Morgan fingerprint density at radius 3 is 2.73 bits per heavy atom. The molecule has 0 radical (unpaired) electrons. The summed E-state index contributed by atoms with van der Waals surface area (Å²) in [5.74, 6) is 1.89. The van der Waals surface area contributed by atoms with Gasteiger partial charge in [-0.25, -0.2) is 0 Å². The first-order chi connectivity index (χ1) is 5.24. The number of rotatable bonds is 2. The van der Waals surface area contributed by atoms with Crippen LogP contribution in [-0.2, 0) is 0 Å². The standard InChI is InChI=1S/C9H19NS/c1-8-3-4-9(2)10(7-8)5-6-11/h8-9,11H,3-7H2,1-2H3. The second kappa shape index (κ2) is 4.36. The van der Waals surface area contributed by atoms with Crippen molar-refractivity contribution in [1.29, 1.82) is 0 Å². The number of nitrogens with zero attached hydrogens (tertiary/aromatic N) is 1. The molecular weight excluding hydrogens is 154 g/mol. The molecule has 0 N–H and O–H groups in total. The van der Waals surface area contributed by atoms with E-state index in [1.807, 2.05) is 0 Å². The highest BCUT2D eigenvalue weighted by Gasteiger charge is 2.21. The van der Waals surface area contributed by atoms with Crippen molar-refractivity contribution in [3.63, 3.8) is 0 Å². The van der Waals surface area contributed by atoms with Gasteiger partial charge in [-0.1, -0.05) is 6.92 Å². The molecule has 0 saturated carbocycles. The Labute approximate surface area is 75.6 Å². The molecule has 0 amide bonds. The normalized spacial score (nSPS) is 34.1. The Morgan fingerprint density at radius 1 is 1.36 bits per heavy atom. The molecule has 1 aliphatic rings. The van der Waals surface area contributed by atoms with Crippen molar-refractivity contribution in [1.82, 2.24) is 4.90 Å². The van der Waals surface area contributed by atoms with Crippen LogP contribution in [0.4, 0.5) is 0 Å². The lowest BCUT2D eigenvalue weighted by Crippen LogP contribution is -2.41. The Kier molecular flexibility index (Phi) is 3.73. The zero-order valence-corrected chi connectivity index (χ0v) is 8.48. The third-order valence-corrected chi connectivity index (χ3v) is 2.83. The van der Waals surface area contributed by atoms with E-state index in [1.165, 1.54) is 19.4 Å². The molecule has 1 heterocycles. The number of hydrogen-bond donors (Lipinski definition) is 1. The van der Waals surface area contributed by atoms with Gasteiger partial charge in [-0.15, -0.1) is 0 Å². The maximum Gasteiger partial charge on any atom is 0.00728 e. The van der Waals surface area contributed by atoms with Crippen LogP contribution in [0.15, 0.2) is 0 Å². The Bertz CT molecular complexity index is 116. The number of piperidine rings is 1. The largest absolute Gasteiger partial charge is 0.300 e. The summed E-state index contributed by atoms with van der Waals surface area (Å²) in [7, 11) is 0. The molecule has 0 aromatic rings. The summed E-state index contributed by atoms with van der Waals surface area (Å²) < 4.78 is 0. The van der Waals surface area contributed by atoms with Crippen molar-refractivity contribution in [2.45, 2.75) is 32.7 Å². The van der Waals surface area contributed by atoms with Gasteiger partial charge < -0.3 is 0 Å². The van der Waals surface area contributed by atoms with Crippen molar-refractivity contribution >= 4 is 12.6 Å². The van der Waals surface area contributed by atoms with Gasteiger partial charge in [-0.2, -0.15) is 12.6 Å². The van der Waals surface area contributed by atoms with Crippen LogP contribution in [0.5, 0.6) is 0 Å². The first kappa shape index (κ1) is 9.40. The molecule has 0 aliphatic carbocycles. The van der Waals surface area contributed by atoms with Gasteiger partial charge in [0, 0.05) is 24.9 Å². The van der Waals surface area contributed by atoms with Crippen molar-refractivity contribution in [2.75, 3.05) is 18.8 Å². The molecule has 2 unspecified atom stereocenters. The van der Waals surface area contributed by atoms with Crippen LogP contribution < -0.4 is 0 Å². The molecule has 0 spiro atoms. The number of thiol groups is 1. The zero-order chi connectivity index (χ0) is 8.27. The van der Waals surface area contributed by atoms with E-state index in [0.29, 0.717) is 0 Å². The molecule has 1 rings (SSSR count). The molecule has 11 heavy (non-hydrogen) atoms. The van der Waals surface area contributed by atoms with E-state index in [-0.39, 0.29) is 0 Å². The van der Waals surface area contributed by atoms with Gasteiger partial charge in [0.05, 0.1) is 0 Å². The minimum absolute atomic E-state index is 0.790. The van der Waals surface area contributed by atoms with E-state index in [2.05, 4.69) is 31.4 Å². The summed E-state index contributed by atoms with van der Waals surface area (Å²) in [6.07, 6.45) is 2.78. The Balaban J connectivity index is 2.34. The van der Waals surface area contributed by atoms with Crippen molar-refractivity contribution in [3.8, 4) is 0 Å². The van der Waals surface area contributed by atoms with Crippen molar-refractivity contribution in [3.05, 3.63) is 0 Å². The third-order valence-electron chi connectivity index (χ3n) is 2.63. The van der Waals surface area contributed by atoms with Crippen LogP contribution in [0.3, 0.4) is 0 Å². The molecule has 66 valence electrons. The molecule has 2 heteroatoms. The van der Waals surface area contributed by atoms with E-state index in [0.717, 1.165) is 24.3 Å². The van der Waals surface area contributed by atoms with Gasteiger partial charge >= 0.3 is 0 Å². The van der Waals surface area contributed by atoms with Gasteiger partial charge in [0.1, 0.15) is 0 Å². The Morgan fingerprint density at radius 2 is 2.09 bits per heavy atom. The van der Waals surface area contributed by atoms with Crippen LogP contribution in [0.1, 0.15) is 26.7 Å². The van der Waals surface area contributed by atoms with E-state index >= 15 is 0 Å². The maximum absolute atomic E-state index is 4.26. The second-order valence-corrected chi connectivity index (χ2v) is 4.20. The predicted octanol–water partition coefficient (Wildman–Crippen LogP) is 2.04. The first-order valence-electron chi connectivity index (χ1n) is 4.59. The smallest absolute Gasteiger partial charge is 0.00728 e. The van der Waals surface area contributed by atoms with Crippen LogP contribution in [-0.4, -0.2) is 29.8 Å². The zero-order valence-electron chi connectivity index (χ0n) is 7.58. The number of likely N-dealkylation sites (tertiary alicyclic amines) is 1. The lowest BCUT2D eigenvalue weighted by molar-refractivity contribution is 0.133. The highest BCUT2D eigenvalue weighted by Crippen LogP contribution is 2.20. The molecule has 0 aromatic heterocycles. The fourth-order valence-corrected chi connectivity index (χ4v) is 2.08. The number of hydrogen-bond acceptors (Lipinski definition) is 2. The Hall–Kier alpha value is 0.310. The molecule has 1 aliphatic heterocycles. The fraction of sp³-hybridized carbons (Fsp3) is 1.00. The summed E-state index contributed by atoms with van der Waals surface area (Å²) in [4.78, 5) is 2.56. The fourth-order valence-electron chi connectivity index (χ4n) is 1.82. The van der Waals surface area contributed by atoms with Crippen molar-refractivity contribution in [2.24, 2.45) is 5.92 Å². The SMILES string of the molecule is CC1CCC(C)N(CCS)C1. The molecule has 0 bridgehead atoms. The topological polar surface area (TPSA) is 3.24 Å². The molecule has 2 atom stereocenters. The lowest BCUT2D eigenvalue weighted by atomic mass is 9.95. The van der Waals surface area contributed by atoms with Crippen LogP contribution in [0.25, 0.3) is 0 Å². The average Bonchev–Trinajstić information content (AvgIpc) is 1.98. The van der Waals surface area contributed by atoms with Gasteiger partial charge in [0.25, 0.3) is 0 Å². The van der Waals surface area contributed by atoms with E-state index < -0.39 is 0 Å². The quantitative estimate of drug-likeness (QED) is 0.625. The maximum atomic E-state index is 4.26. The van der Waals surface area contributed by atoms with Gasteiger partial charge in [0.2, 0.25) is 0 Å². The average molecular weight is 173 g/mol. The van der Waals surface area contributed by atoms with Gasteiger partial charge in [-0.3, -0.25) is 4.90 Å². The first-order valence-corrected chi connectivity index (χ1v) is 5.22. The second-order valence-electron chi connectivity index (χ2n) is 3.75. The monoisotopic (exact) mass is 173 g/mol. The highest BCUT2D eigenvalue weighted by atomic mass is 32.1. The van der Waals surface area contributed by atoms with Gasteiger partial charge in [-0.05, 0) is 25.7 Å². The highest BCUT2D eigenvalue weighted by molar-refractivity contribution is 7.80. The summed E-state index contributed by atoms with van der Waals surface area (Å²) in [6, 6.07) is 0.790. The minimum Gasteiger partial charge on any atom is -0.300 e. The van der Waals surface area contributed by atoms with Gasteiger partial charge in [0.15, 0.2) is 0 Å². The van der Waals surface area contributed by atoms with Crippen LogP contribution in [0.2, 0.25) is 0 Å². The lowest BCUT2D eigenvalue weighted by Gasteiger charge is -2.36. The summed E-state index contributed by atoms with van der Waals surface area (Å²) in [5.41, 5.74) is 0. The van der Waals surface area contributed by atoms with Crippen molar-refractivity contribution < 1.29 is 0 Å². The van der Waals surface area contributed by atoms with E-state index in [9.17, 15) is 0 Å². The molecule has 1 fully saturated rings. The van der Waals surface area contributed by atoms with E-state index in [4.69, 9.17) is 0 Å².